The van der Waals surface area contributed by atoms with E-state index in [2.05, 4.69) is 11.1 Å². The highest BCUT2D eigenvalue weighted by molar-refractivity contribution is 5.37. The molecule has 3 nitrogen and oxygen atoms in total. The van der Waals surface area contributed by atoms with Crippen molar-refractivity contribution in [3.8, 4) is 11.8 Å². The number of rotatable bonds is 3. The Morgan fingerprint density at radius 2 is 2.06 bits per heavy atom. The first kappa shape index (κ1) is 11.2. The van der Waals surface area contributed by atoms with E-state index < -0.39 is 0 Å². The molecule has 0 aliphatic rings. The van der Waals surface area contributed by atoms with Crippen LogP contribution in [-0.4, -0.2) is 4.98 Å². The van der Waals surface area contributed by atoms with Crippen molar-refractivity contribution in [3.05, 3.63) is 59.4 Å². The van der Waals surface area contributed by atoms with E-state index in [1.807, 2.05) is 37.3 Å². The van der Waals surface area contributed by atoms with Gasteiger partial charge in [-0.25, -0.2) is 0 Å². The minimum atomic E-state index is 0.383. The van der Waals surface area contributed by atoms with Gasteiger partial charge in [-0.05, 0) is 25.1 Å². The fourth-order valence-electron chi connectivity index (χ4n) is 1.46. The first-order valence-electron chi connectivity index (χ1n) is 5.33. The summed E-state index contributed by atoms with van der Waals surface area (Å²) >= 11 is 0. The van der Waals surface area contributed by atoms with Crippen LogP contribution in [0.25, 0.3) is 0 Å². The molecule has 0 radical (unpaired) electrons. The van der Waals surface area contributed by atoms with Gasteiger partial charge in [0.2, 0.25) is 0 Å². The van der Waals surface area contributed by atoms with E-state index in [0.717, 1.165) is 11.3 Å². The second kappa shape index (κ2) is 5.13. The van der Waals surface area contributed by atoms with Gasteiger partial charge in [-0.15, -0.1) is 0 Å². The molecule has 0 saturated heterocycles. The number of nitriles is 1. The molecule has 1 heterocycles. The maximum atomic E-state index is 8.93. The third-order valence-electron chi connectivity index (χ3n) is 2.42. The molecule has 0 atom stereocenters. The van der Waals surface area contributed by atoms with E-state index >= 15 is 0 Å². The largest absolute Gasteiger partial charge is 0.487 e. The summed E-state index contributed by atoms with van der Waals surface area (Å²) < 4.78 is 5.58. The van der Waals surface area contributed by atoms with Gasteiger partial charge in [0.1, 0.15) is 12.4 Å². The molecule has 0 aliphatic carbocycles. The monoisotopic (exact) mass is 224 g/mol. The summed E-state index contributed by atoms with van der Waals surface area (Å²) in [6, 6.07) is 13.3. The third-order valence-corrected chi connectivity index (χ3v) is 2.42. The van der Waals surface area contributed by atoms with Gasteiger partial charge in [-0.3, -0.25) is 4.98 Å². The zero-order valence-corrected chi connectivity index (χ0v) is 9.55. The molecule has 3 heteroatoms. The Morgan fingerprint density at radius 3 is 2.76 bits per heavy atom. The number of hydrogen-bond acceptors (Lipinski definition) is 3. The van der Waals surface area contributed by atoms with E-state index in [1.54, 1.807) is 12.3 Å². The van der Waals surface area contributed by atoms with Crippen molar-refractivity contribution < 1.29 is 4.74 Å². The second-order valence-electron chi connectivity index (χ2n) is 3.69. The Balaban J connectivity index is 2.08. The number of ether oxygens (including phenoxy) is 1. The molecule has 0 amide bonds. The second-order valence-corrected chi connectivity index (χ2v) is 3.69. The van der Waals surface area contributed by atoms with Crippen LogP contribution in [0.2, 0.25) is 0 Å². The standard InChI is InChI=1S/C14H12N2O/c1-11-6-7-14(9-16-11)17-10-13-5-3-2-4-12(13)8-15/h2-7,9H,10H2,1H3. The van der Waals surface area contributed by atoms with Gasteiger partial charge in [0, 0.05) is 11.3 Å². The summed E-state index contributed by atoms with van der Waals surface area (Å²) in [6.45, 7) is 2.31. The van der Waals surface area contributed by atoms with Crippen molar-refractivity contribution in [2.45, 2.75) is 13.5 Å². The predicted octanol–water partition coefficient (Wildman–Crippen LogP) is 2.84. The molecule has 2 rings (SSSR count). The van der Waals surface area contributed by atoms with Crippen LogP contribution >= 0.6 is 0 Å². The zero-order valence-electron chi connectivity index (χ0n) is 9.55. The highest BCUT2D eigenvalue weighted by Gasteiger charge is 2.01. The van der Waals surface area contributed by atoms with E-state index in [-0.39, 0.29) is 0 Å². The Bertz CT molecular complexity index is 541. The fraction of sp³-hybridized carbons (Fsp3) is 0.143. The normalized spacial score (nSPS) is 9.65. The van der Waals surface area contributed by atoms with E-state index in [1.165, 1.54) is 0 Å². The molecule has 2 aromatic rings. The number of pyridine rings is 1. The van der Waals surface area contributed by atoms with Crippen LogP contribution in [0.1, 0.15) is 16.8 Å². The Kier molecular flexibility index (Phi) is 3.37. The lowest BCUT2D eigenvalue weighted by Gasteiger charge is -2.07. The minimum Gasteiger partial charge on any atom is -0.487 e. The van der Waals surface area contributed by atoms with Crippen LogP contribution in [0.3, 0.4) is 0 Å². The molecule has 1 aromatic heterocycles. The quantitative estimate of drug-likeness (QED) is 0.805. The smallest absolute Gasteiger partial charge is 0.138 e. The van der Waals surface area contributed by atoms with Gasteiger partial charge in [0.05, 0.1) is 17.8 Å². The summed E-state index contributed by atoms with van der Waals surface area (Å²) in [4.78, 5) is 4.14. The van der Waals surface area contributed by atoms with Crippen LogP contribution in [0.15, 0.2) is 42.6 Å². The number of aryl methyl sites for hydroxylation is 1. The van der Waals surface area contributed by atoms with E-state index in [4.69, 9.17) is 10.00 Å². The van der Waals surface area contributed by atoms with Gasteiger partial charge in [-0.2, -0.15) is 5.26 Å². The third kappa shape index (κ3) is 2.82. The average molecular weight is 224 g/mol. The Hall–Kier alpha value is -2.34. The molecule has 17 heavy (non-hydrogen) atoms. The van der Waals surface area contributed by atoms with Gasteiger partial charge in [0.15, 0.2) is 0 Å². The number of nitrogens with zero attached hydrogens (tertiary/aromatic N) is 2. The highest BCUT2D eigenvalue weighted by atomic mass is 16.5. The summed E-state index contributed by atoms with van der Waals surface area (Å²) in [6.07, 6.45) is 1.68. The van der Waals surface area contributed by atoms with Crippen LogP contribution in [0, 0.1) is 18.3 Å². The molecule has 84 valence electrons. The van der Waals surface area contributed by atoms with Crippen molar-refractivity contribution in [1.29, 1.82) is 5.26 Å². The van der Waals surface area contributed by atoms with Crippen molar-refractivity contribution in [1.82, 2.24) is 4.98 Å². The maximum Gasteiger partial charge on any atom is 0.138 e. The molecule has 0 bridgehead atoms. The molecule has 0 unspecified atom stereocenters. The minimum absolute atomic E-state index is 0.383. The lowest BCUT2D eigenvalue weighted by atomic mass is 10.1. The number of aromatic nitrogens is 1. The van der Waals surface area contributed by atoms with Gasteiger partial charge in [0.25, 0.3) is 0 Å². The summed E-state index contributed by atoms with van der Waals surface area (Å²) in [5, 5.41) is 8.93. The van der Waals surface area contributed by atoms with Crippen molar-refractivity contribution in [2.75, 3.05) is 0 Å². The Labute approximate surface area is 100 Å². The SMILES string of the molecule is Cc1ccc(OCc2ccccc2C#N)cn1. The topological polar surface area (TPSA) is 45.9 Å². The molecule has 0 fully saturated rings. The van der Waals surface area contributed by atoms with Crippen molar-refractivity contribution in [3.63, 3.8) is 0 Å². The van der Waals surface area contributed by atoms with Crippen LogP contribution in [0.5, 0.6) is 5.75 Å². The van der Waals surface area contributed by atoms with Gasteiger partial charge < -0.3 is 4.74 Å². The number of benzene rings is 1. The maximum absolute atomic E-state index is 8.93. The van der Waals surface area contributed by atoms with Crippen LogP contribution < -0.4 is 4.74 Å². The first-order valence-corrected chi connectivity index (χ1v) is 5.33. The lowest BCUT2D eigenvalue weighted by molar-refractivity contribution is 0.304. The van der Waals surface area contributed by atoms with Crippen LogP contribution in [0.4, 0.5) is 0 Å². The Morgan fingerprint density at radius 1 is 1.24 bits per heavy atom. The highest BCUT2D eigenvalue weighted by Crippen LogP contribution is 2.13. The zero-order chi connectivity index (χ0) is 12.1. The lowest BCUT2D eigenvalue weighted by Crippen LogP contribution is -1.98. The van der Waals surface area contributed by atoms with Gasteiger partial charge >= 0.3 is 0 Å². The average Bonchev–Trinajstić information content (AvgIpc) is 2.38. The summed E-state index contributed by atoms with van der Waals surface area (Å²) in [5.74, 6) is 0.711. The molecule has 0 saturated carbocycles. The van der Waals surface area contributed by atoms with Crippen molar-refractivity contribution >= 4 is 0 Å². The van der Waals surface area contributed by atoms with Gasteiger partial charge in [-0.1, -0.05) is 18.2 Å². The van der Waals surface area contributed by atoms with Crippen molar-refractivity contribution in [2.24, 2.45) is 0 Å². The summed E-state index contributed by atoms with van der Waals surface area (Å²) in [5.41, 5.74) is 2.48. The van der Waals surface area contributed by atoms with E-state index in [9.17, 15) is 0 Å². The number of hydrogen-bond donors (Lipinski definition) is 0. The first-order chi connectivity index (χ1) is 8.29. The molecular weight excluding hydrogens is 212 g/mol. The molecule has 1 aromatic carbocycles. The molecule has 0 N–H and O–H groups in total. The molecule has 0 aliphatic heterocycles. The van der Waals surface area contributed by atoms with E-state index in [0.29, 0.717) is 17.9 Å². The predicted molar refractivity (Wildman–Crippen MR) is 64.5 cm³/mol. The molecule has 0 spiro atoms. The van der Waals surface area contributed by atoms with Crippen LogP contribution in [-0.2, 0) is 6.61 Å². The molecular formula is C14H12N2O. The summed E-state index contributed by atoms with van der Waals surface area (Å²) in [7, 11) is 0. The fourth-order valence-corrected chi connectivity index (χ4v) is 1.46.